The maximum atomic E-state index is 13.3. The van der Waals surface area contributed by atoms with Crippen molar-refractivity contribution in [3.05, 3.63) is 98.9 Å². The van der Waals surface area contributed by atoms with Crippen LogP contribution < -0.4 is 5.56 Å². The molecule has 4 rings (SSSR count). The molecule has 4 aromatic rings. The van der Waals surface area contributed by atoms with Crippen molar-refractivity contribution in [2.45, 2.75) is 26.4 Å². The maximum absolute atomic E-state index is 13.3. The standard InChI is InChI=1S/C26H25N3O4S/c1-4-33-26(32)23-17(2)21-24(34-23)27-16-29(25(21)31)15-20(30)28(3)22(18-11-7-5-8-12-18)19-13-9-6-10-14-19/h5-14,16,22H,4,15H2,1-3H3. The maximum Gasteiger partial charge on any atom is 0.348 e. The third kappa shape index (κ3) is 4.49. The summed E-state index contributed by atoms with van der Waals surface area (Å²) in [6.45, 7) is 3.51. The first kappa shape index (κ1) is 23.4. The van der Waals surface area contributed by atoms with Crippen molar-refractivity contribution in [1.29, 1.82) is 0 Å². The van der Waals surface area contributed by atoms with Crippen LogP contribution in [0.1, 0.15) is 39.3 Å². The summed E-state index contributed by atoms with van der Waals surface area (Å²) in [5, 5.41) is 0.341. The zero-order valence-electron chi connectivity index (χ0n) is 19.2. The van der Waals surface area contributed by atoms with Gasteiger partial charge in [-0.25, -0.2) is 9.78 Å². The quantitative estimate of drug-likeness (QED) is 0.375. The van der Waals surface area contributed by atoms with Crippen LogP contribution in [0.5, 0.6) is 0 Å². The van der Waals surface area contributed by atoms with E-state index in [2.05, 4.69) is 4.98 Å². The summed E-state index contributed by atoms with van der Waals surface area (Å²) in [7, 11) is 1.73. The number of carbonyl (C=O) groups is 2. The van der Waals surface area contributed by atoms with Crippen LogP contribution in [-0.4, -0.2) is 40.0 Å². The Morgan fingerprint density at radius 3 is 2.21 bits per heavy atom. The average molecular weight is 476 g/mol. The smallest absolute Gasteiger partial charge is 0.348 e. The molecule has 0 saturated heterocycles. The molecular weight excluding hydrogens is 450 g/mol. The second-order valence-electron chi connectivity index (χ2n) is 7.86. The fraction of sp³-hybridized carbons (Fsp3) is 0.231. The van der Waals surface area contributed by atoms with E-state index in [0.717, 1.165) is 22.5 Å². The Morgan fingerprint density at radius 1 is 1.06 bits per heavy atom. The van der Waals surface area contributed by atoms with E-state index in [1.54, 1.807) is 25.8 Å². The van der Waals surface area contributed by atoms with E-state index in [4.69, 9.17) is 4.74 Å². The van der Waals surface area contributed by atoms with Gasteiger partial charge in [0.15, 0.2) is 0 Å². The molecule has 0 unspecified atom stereocenters. The normalized spacial score (nSPS) is 11.1. The third-order valence-corrected chi connectivity index (χ3v) is 6.87. The molecule has 2 aromatic heterocycles. The van der Waals surface area contributed by atoms with Gasteiger partial charge in [-0.3, -0.25) is 14.2 Å². The number of thiophene rings is 1. The van der Waals surface area contributed by atoms with Gasteiger partial charge in [0.2, 0.25) is 5.91 Å². The lowest BCUT2D eigenvalue weighted by atomic mass is 9.97. The lowest BCUT2D eigenvalue weighted by molar-refractivity contribution is -0.132. The van der Waals surface area contributed by atoms with Gasteiger partial charge in [-0.2, -0.15) is 0 Å². The van der Waals surface area contributed by atoms with Crippen molar-refractivity contribution in [3.63, 3.8) is 0 Å². The van der Waals surface area contributed by atoms with Gasteiger partial charge in [0.25, 0.3) is 5.56 Å². The van der Waals surface area contributed by atoms with Gasteiger partial charge >= 0.3 is 5.97 Å². The predicted octanol–water partition coefficient (Wildman–Crippen LogP) is 4.19. The van der Waals surface area contributed by atoms with Crippen LogP contribution in [0.3, 0.4) is 0 Å². The Hall–Kier alpha value is -3.78. The summed E-state index contributed by atoms with van der Waals surface area (Å²) in [4.78, 5) is 45.6. The van der Waals surface area contributed by atoms with Gasteiger partial charge in [0.05, 0.1) is 24.4 Å². The highest BCUT2D eigenvalue weighted by molar-refractivity contribution is 7.20. The van der Waals surface area contributed by atoms with E-state index >= 15 is 0 Å². The molecule has 0 radical (unpaired) electrons. The minimum atomic E-state index is -0.474. The number of benzene rings is 2. The summed E-state index contributed by atoms with van der Waals surface area (Å²) in [6.07, 6.45) is 1.36. The molecule has 0 atom stereocenters. The first-order valence-electron chi connectivity index (χ1n) is 10.9. The average Bonchev–Trinajstić information content (AvgIpc) is 3.19. The summed E-state index contributed by atoms with van der Waals surface area (Å²) < 4.78 is 6.38. The molecule has 0 fully saturated rings. The number of aryl methyl sites for hydroxylation is 1. The van der Waals surface area contributed by atoms with E-state index in [9.17, 15) is 14.4 Å². The molecule has 2 aromatic carbocycles. The molecule has 0 saturated carbocycles. The lowest BCUT2D eigenvalue weighted by Gasteiger charge is -2.29. The number of amides is 1. The Kier molecular flexibility index (Phi) is 6.88. The molecular formula is C26H25N3O4S. The molecule has 0 spiro atoms. The van der Waals surface area contributed by atoms with Crippen LogP contribution >= 0.6 is 11.3 Å². The summed E-state index contributed by atoms with van der Waals surface area (Å²) in [5.41, 5.74) is 2.11. The van der Waals surface area contributed by atoms with Crippen molar-refractivity contribution in [3.8, 4) is 0 Å². The van der Waals surface area contributed by atoms with E-state index in [-0.39, 0.29) is 30.7 Å². The molecule has 1 amide bonds. The Bertz CT molecular complexity index is 1340. The molecule has 174 valence electrons. The summed E-state index contributed by atoms with van der Waals surface area (Å²) in [5.74, 6) is -0.710. The number of fused-ring (bicyclic) bond motifs is 1. The van der Waals surface area contributed by atoms with Crippen molar-refractivity contribution >= 4 is 33.4 Å². The monoisotopic (exact) mass is 475 g/mol. The first-order valence-corrected chi connectivity index (χ1v) is 11.7. The second kappa shape index (κ2) is 10.0. The molecule has 0 N–H and O–H groups in total. The van der Waals surface area contributed by atoms with Gasteiger partial charge in [0, 0.05) is 7.05 Å². The molecule has 2 heterocycles. The minimum Gasteiger partial charge on any atom is -0.462 e. The number of aromatic nitrogens is 2. The van der Waals surface area contributed by atoms with Gasteiger partial charge < -0.3 is 9.64 Å². The van der Waals surface area contributed by atoms with E-state index in [1.807, 2.05) is 60.7 Å². The highest BCUT2D eigenvalue weighted by Crippen LogP contribution is 2.29. The highest BCUT2D eigenvalue weighted by Gasteiger charge is 2.25. The van der Waals surface area contributed by atoms with Gasteiger partial charge in [-0.1, -0.05) is 60.7 Å². The molecule has 8 heteroatoms. The van der Waals surface area contributed by atoms with Crippen LogP contribution in [0.25, 0.3) is 10.2 Å². The van der Waals surface area contributed by atoms with Gasteiger partial charge in [-0.15, -0.1) is 11.3 Å². The molecule has 34 heavy (non-hydrogen) atoms. The van der Waals surface area contributed by atoms with Crippen molar-refractivity contribution in [1.82, 2.24) is 14.5 Å². The topological polar surface area (TPSA) is 81.5 Å². The van der Waals surface area contributed by atoms with Crippen LogP contribution in [0.15, 0.2) is 71.8 Å². The van der Waals surface area contributed by atoms with Crippen LogP contribution in [-0.2, 0) is 16.1 Å². The minimum absolute atomic E-state index is 0.168. The number of ether oxygens (including phenoxy) is 1. The molecule has 0 aliphatic heterocycles. The van der Waals surface area contributed by atoms with Crippen molar-refractivity contribution in [2.75, 3.05) is 13.7 Å². The number of hydrogen-bond donors (Lipinski definition) is 0. The molecule has 0 aliphatic carbocycles. The molecule has 0 bridgehead atoms. The number of hydrogen-bond acceptors (Lipinski definition) is 6. The van der Waals surface area contributed by atoms with Crippen LogP contribution in [0, 0.1) is 6.92 Å². The van der Waals surface area contributed by atoms with Gasteiger partial charge in [0.1, 0.15) is 16.3 Å². The predicted molar refractivity (Wildman–Crippen MR) is 132 cm³/mol. The molecule has 0 aliphatic rings. The zero-order chi connectivity index (χ0) is 24.2. The van der Waals surface area contributed by atoms with Crippen LogP contribution in [0.2, 0.25) is 0 Å². The van der Waals surface area contributed by atoms with Gasteiger partial charge in [-0.05, 0) is 30.5 Å². The number of likely N-dealkylation sites (N-methyl/N-ethyl adjacent to an activating group) is 1. The highest BCUT2D eigenvalue weighted by atomic mass is 32.1. The SMILES string of the molecule is CCOC(=O)c1sc2ncn(CC(=O)N(C)C(c3ccccc3)c3ccccc3)c(=O)c2c1C. The van der Waals surface area contributed by atoms with E-state index in [1.165, 1.54) is 10.9 Å². The van der Waals surface area contributed by atoms with Crippen molar-refractivity contribution < 1.29 is 14.3 Å². The number of rotatable bonds is 7. The number of nitrogens with zero attached hydrogens (tertiary/aromatic N) is 3. The Labute approximate surface area is 201 Å². The lowest BCUT2D eigenvalue weighted by Crippen LogP contribution is -2.37. The second-order valence-corrected chi connectivity index (χ2v) is 8.86. The third-order valence-electron chi connectivity index (χ3n) is 5.70. The summed E-state index contributed by atoms with van der Waals surface area (Å²) >= 11 is 1.13. The number of carbonyl (C=O) groups excluding carboxylic acids is 2. The Balaban J connectivity index is 1.66. The number of esters is 1. The summed E-state index contributed by atoms with van der Waals surface area (Å²) in [6, 6.07) is 19.2. The van der Waals surface area contributed by atoms with Crippen molar-refractivity contribution in [2.24, 2.45) is 0 Å². The fourth-order valence-corrected chi connectivity index (χ4v) is 5.01. The molecule has 7 nitrogen and oxygen atoms in total. The fourth-order valence-electron chi connectivity index (χ4n) is 3.97. The van der Waals surface area contributed by atoms with E-state index < -0.39 is 5.97 Å². The Morgan fingerprint density at radius 2 is 1.65 bits per heavy atom. The largest absolute Gasteiger partial charge is 0.462 e. The van der Waals surface area contributed by atoms with Crippen LogP contribution in [0.4, 0.5) is 0 Å². The first-order chi connectivity index (χ1) is 16.4. The zero-order valence-corrected chi connectivity index (χ0v) is 20.0. The van der Waals surface area contributed by atoms with E-state index in [0.29, 0.717) is 20.7 Å².